The topological polar surface area (TPSA) is 105 Å². The van der Waals surface area contributed by atoms with E-state index in [9.17, 15) is 13.0 Å². The van der Waals surface area contributed by atoms with Gasteiger partial charge in [-0.05, 0) is 24.5 Å². The molecule has 0 fully saturated rings. The predicted molar refractivity (Wildman–Crippen MR) is 101 cm³/mol. The van der Waals surface area contributed by atoms with Gasteiger partial charge in [-0.2, -0.15) is 8.42 Å². The van der Waals surface area contributed by atoms with E-state index >= 15 is 0 Å². The molecule has 0 saturated heterocycles. The number of nitrogens with zero attached hydrogens (tertiary/aromatic N) is 2. The van der Waals surface area contributed by atoms with Gasteiger partial charge >= 0.3 is 0 Å². The lowest BCUT2D eigenvalue weighted by Crippen LogP contribution is -2.01. The molecule has 0 aliphatic carbocycles. The Morgan fingerprint density at radius 3 is 2.24 bits per heavy atom. The number of rotatable bonds is 4. The molecule has 3 N–H and O–H groups in total. The number of azo groups is 1. The fraction of sp³-hybridized carbons (Fsp3) is 0.0588. The number of thioether (sulfide) groups is 1. The molecule has 6 nitrogen and oxygen atoms in total. The van der Waals surface area contributed by atoms with Gasteiger partial charge in [0.1, 0.15) is 10.6 Å². The Bertz CT molecular complexity index is 1080. The van der Waals surface area contributed by atoms with Crippen molar-refractivity contribution in [2.24, 2.45) is 10.2 Å². The van der Waals surface area contributed by atoms with Crippen molar-refractivity contribution in [3.63, 3.8) is 0 Å². The molecule has 128 valence electrons. The van der Waals surface area contributed by atoms with Crippen LogP contribution in [0.15, 0.2) is 74.6 Å². The molecule has 0 amide bonds. The van der Waals surface area contributed by atoms with Crippen LogP contribution in [0, 0.1) is 0 Å². The van der Waals surface area contributed by atoms with Crippen molar-refractivity contribution in [3.8, 4) is 0 Å². The molecule has 0 saturated carbocycles. The van der Waals surface area contributed by atoms with Gasteiger partial charge in [0.15, 0.2) is 0 Å². The van der Waals surface area contributed by atoms with Crippen LogP contribution < -0.4 is 5.73 Å². The summed E-state index contributed by atoms with van der Waals surface area (Å²) >= 11 is 1.52. The first kappa shape index (κ1) is 17.4. The summed E-state index contributed by atoms with van der Waals surface area (Å²) in [5, 5.41) is 9.14. The quantitative estimate of drug-likeness (QED) is 0.296. The molecular formula is C17H15N3O3S2. The number of anilines is 1. The highest BCUT2D eigenvalue weighted by molar-refractivity contribution is 7.98. The SMILES string of the molecule is CSc1ccccc1/N=N/c1cc(S(=O)(=O)O)c2ccccc2c1N. The molecule has 0 radical (unpaired) electrons. The predicted octanol–water partition coefficient (Wildman–Crippen LogP) is 4.81. The Balaban J connectivity index is 2.20. The second-order valence-corrected chi connectivity index (χ2v) is 7.44. The van der Waals surface area contributed by atoms with Crippen LogP contribution in [0.5, 0.6) is 0 Å². The minimum absolute atomic E-state index is 0.183. The lowest BCUT2D eigenvalue weighted by molar-refractivity contribution is 0.484. The van der Waals surface area contributed by atoms with E-state index in [1.807, 2.05) is 24.5 Å². The van der Waals surface area contributed by atoms with Crippen LogP contribution in [0.1, 0.15) is 0 Å². The second-order valence-electron chi connectivity index (χ2n) is 5.20. The number of hydrogen-bond donors (Lipinski definition) is 2. The van der Waals surface area contributed by atoms with Crippen LogP contribution in [0.3, 0.4) is 0 Å². The Morgan fingerprint density at radius 2 is 1.56 bits per heavy atom. The van der Waals surface area contributed by atoms with E-state index in [1.165, 1.54) is 17.8 Å². The van der Waals surface area contributed by atoms with Crippen molar-refractivity contribution in [2.75, 3.05) is 12.0 Å². The van der Waals surface area contributed by atoms with Gasteiger partial charge in [-0.3, -0.25) is 4.55 Å². The fourth-order valence-electron chi connectivity index (χ4n) is 2.47. The minimum atomic E-state index is -4.43. The zero-order valence-electron chi connectivity index (χ0n) is 13.2. The van der Waals surface area contributed by atoms with Gasteiger partial charge in [0.25, 0.3) is 10.1 Å². The Kier molecular flexibility index (Phi) is 4.76. The van der Waals surface area contributed by atoms with E-state index in [-0.39, 0.29) is 10.6 Å². The van der Waals surface area contributed by atoms with Crippen LogP contribution in [0.25, 0.3) is 10.8 Å². The average molecular weight is 373 g/mol. The van der Waals surface area contributed by atoms with Gasteiger partial charge in [0.2, 0.25) is 0 Å². The van der Waals surface area contributed by atoms with Crippen LogP contribution in [0.4, 0.5) is 17.1 Å². The third-order valence-corrected chi connectivity index (χ3v) is 5.33. The van der Waals surface area contributed by atoms with Crippen molar-refractivity contribution >= 4 is 49.7 Å². The Morgan fingerprint density at radius 1 is 0.960 bits per heavy atom. The standard InChI is InChI=1S/C17H15N3O3S2/c1-24-15-9-5-4-8-13(15)19-20-14-10-16(25(21,22)23)11-6-2-3-7-12(11)17(14)18/h2-10H,18H2,1H3,(H,21,22,23)/b20-19+. The van der Waals surface area contributed by atoms with Crippen LogP contribution >= 0.6 is 11.8 Å². The zero-order chi connectivity index (χ0) is 18.0. The summed E-state index contributed by atoms with van der Waals surface area (Å²) in [5.74, 6) is 0. The summed E-state index contributed by atoms with van der Waals surface area (Å²) in [7, 11) is -4.43. The second kappa shape index (κ2) is 6.83. The first-order valence-electron chi connectivity index (χ1n) is 7.25. The highest BCUT2D eigenvalue weighted by Crippen LogP contribution is 2.37. The summed E-state index contributed by atoms with van der Waals surface area (Å²) in [6.45, 7) is 0. The molecule has 3 aromatic carbocycles. The molecule has 3 aromatic rings. The summed E-state index contributed by atoms with van der Waals surface area (Å²) < 4.78 is 33.0. The summed E-state index contributed by atoms with van der Waals surface area (Å²) in [6.07, 6.45) is 1.93. The van der Waals surface area contributed by atoms with Crippen LogP contribution in [-0.2, 0) is 10.1 Å². The van der Waals surface area contributed by atoms with Gasteiger partial charge in [0, 0.05) is 15.7 Å². The van der Waals surface area contributed by atoms with Crippen molar-refractivity contribution in [3.05, 3.63) is 54.6 Å². The molecule has 0 aliphatic rings. The smallest absolute Gasteiger partial charge is 0.295 e. The molecule has 0 heterocycles. The van der Waals surface area contributed by atoms with Crippen molar-refractivity contribution < 1.29 is 13.0 Å². The maximum absolute atomic E-state index is 11.7. The Hall–Kier alpha value is -2.42. The lowest BCUT2D eigenvalue weighted by Gasteiger charge is -2.09. The van der Waals surface area contributed by atoms with E-state index in [0.29, 0.717) is 22.1 Å². The number of benzene rings is 3. The molecule has 3 rings (SSSR count). The van der Waals surface area contributed by atoms with E-state index < -0.39 is 10.1 Å². The first-order valence-corrected chi connectivity index (χ1v) is 9.92. The van der Waals surface area contributed by atoms with Crippen LogP contribution in [-0.4, -0.2) is 19.2 Å². The molecule has 8 heteroatoms. The monoisotopic (exact) mass is 373 g/mol. The number of nitrogens with two attached hydrogens (primary N) is 1. The summed E-state index contributed by atoms with van der Waals surface area (Å²) in [5.41, 5.74) is 7.26. The molecule has 0 unspecified atom stereocenters. The largest absolute Gasteiger partial charge is 0.396 e. The van der Waals surface area contributed by atoms with E-state index in [1.54, 1.807) is 30.3 Å². The number of nitrogen functional groups attached to an aromatic ring is 1. The molecule has 0 aromatic heterocycles. The maximum atomic E-state index is 11.7. The van der Waals surface area contributed by atoms with Gasteiger partial charge in [-0.15, -0.1) is 22.0 Å². The fourth-order valence-corrected chi connectivity index (χ4v) is 3.72. The summed E-state index contributed by atoms with van der Waals surface area (Å²) in [6, 6.07) is 15.3. The molecular weight excluding hydrogens is 358 g/mol. The normalized spacial score (nSPS) is 12.1. The van der Waals surface area contributed by atoms with Gasteiger partial charge in [-0.25, -0.2) is 0 Å². The Labute approximate surface area is 149 Å². The molecule has 0 aliphatic heterocycles. The first-order chi connectivity index (χ1) is 11.9. The summed E-state index contributed by atoms with van der Waals surface area (Å²) in [4.78, 5) is 0.685. The van der Waals surface area contributed by atoms with Crippen molar-refractivity contribution in [1.29, 1.82) is 0 Å². The van der Waals surface area contributed by atoms with Gasteiger partial charge in [-0.1, -0.05) is 36.4 Å². The number of fused-ring (bicyclic) bond motifs is 1. The van der Waals surface area contributed by atoms with E-state index in [0.717, 1.165) is 4.90 Å². The number of hydrogen-bond acceptors (Lipinski definition) is 6. The highest BCUT2D eigenvalue weighted by atomic mass is 32.2. The van der Waals surface area contributed by atoms with Crippen molar-refractivity contribution in [1.82, 2.24) is 0 Å². The lowest BCUT2D eigenvalue weighted by atomic mass is 10.1. The average Bonchev–Trinajstić information content (AvgIpc) is 2.60. The third kappa shape index (κ3) is 3.51. The van der Waals surface area contributed by atoms with E-state index in [2.05, 4.69) is 10.2 Å². The molecule has 0 atom stereocenters. The van der Waals surface area contributed by atoms with Crippen molar-refractivity contribution in [2.45, 2.75) is 9.79 Å². The molecule has 0 bridgehead atoms. The third-order valence-electron chi connectivity index (χ3n) is 3.66. The van der Waals surface area contributed by atoms with E-state index in [4.69, 9.17) is 5.73 Å². The van der Waals surface area contributed by atoms with Crippen LogP contribution in [0.2, 0.25) is 0 Å². The highest BCUT2D eigenvalue weighted by Gasteiger charge is 2.18. The molecule has 25 heavy (non-hydrogen) atoms. The maximum Gasteiger partial charge on any atom is 0.295 e. The molecule has 0 spiro atoms. The van der Waals surface area contributed by atoms with Gasteiger partial charge in [0.05, 0.1) is 11.4 Å². The van der Waals surface area contributed by atoms with Gasteiger partial charge < -0.3 is 5.73 Å². The zero-order valence-corrected chi connectivity index (χ0v) is 14.9. The minimum Gasteiger partial charge on any atom is -0.396 e.